The van der Waals surface area contributed by atoms with Crippen LogP contribution in [-0.4, -0.2) is 35.5 Å². The molecule has 0 radical (unpaired) electrons. The molecule has 0 spiro atoms. The minimum atomic E-state index is -0.883. The number of aliphatic hydroxyl groups is 1. The monoisotopic (exact) mass is 252 g/mol. The second-order valence-electron chi connectivity index (χ2n) is 4.51. The lowest BCUT2D eigenvalue weighted by molar-refractivity contribution is 0.0378. The SMILES string of the molecule is OC1(CNc2nc3cc(F)ccc3o2)CCOC1. The lowest BCUT2D eigenvalue weighted by Crippen LogP contribution is -2.37. The van der Waals surface area contributed by atoms with E-state index in [1.165, 1.54) is 18.2 Å². The third kappa shape index (κ3) is 2.16. The number of halogens is 1. The molecule has 18 heavy (non-hydrogen) atoms. The summed E-state index contributed by atoms with van der Waals surface area (Å²) in [5, 5.41) is 13.0. The van der Waals surface area contributed by atoms with Crippen molar-refractivity contribution in [3.63, 3.8) is 0 Å². The molecule has 5 nitrogen and oxygen atoms in total. The summed E-state index contributed by atoms with van der Waals surface area (Å²) in [6, 6.07) is 4.42. The number of nitrogens with one attached hydrogen (secondary N) is 1. The Morgan fingerprint density at radius 2 is 2.39 bits per heavy atom. The van der Waals surface area contributed by atoms with Crippen LogP contribution in [0.3, 0.4) is 0 Å². The van der Waals surface area contributed by atoms with E-state index in [1.807, 2.05) is 0 Å². The molecule has 2 N–H and O–H groups in total. The Hall–Kier alpha value is -1.66. The first-order valence-electron chi connectivity index (χ1n) is 5.75. The molecule has 96 valence electrons. The van der Waals surface area contributed by atoms with Crippen molar-refractivity contribution >= 4 is 17.1 Å². The molecule has 2 aromatic rings. The molecule has 1 fully saturated rings. The van der Waals surface area contributed by atoms with Crippen LogP contribution >= 0.6 is 0 Å². The second kappa shape index (κ2) is 4.22. The van der Waals surface area contributed by atoms with Gasteiger partial charge in [0.25, 0.3) is 6.01 Å². The van der Waals surface area contributed by atoms with Crippen LogP contribution in [0, 0.1) is 5.82 Å². The number of nitrogens with zero attached hydrogens (tertiary/aromatic N) is 1. The van der Waals surface area contributed by atoms with Crippen LogP contribution in [0.2, 0.25) is 0 Å². The van der Waals surface area contributed by atoms with Crippen LogP contribution in [0.5, 0.6) is 0 Å². The van der Waals surface area contributed by atoms with E-state index in [9.17, 15) is 9.50 Å². The Bertz CT molecular complexity index is 563. The van der Waals surface area contributed by atoms with Crippen molar-refractivity contribution in [1.82, 2.24) is 4.98 Å². The highest BCUT2D eigenvalue weighted by Gasteiger charge is 2.32. The Morgan fingerprint density at radius 1 is 1.50 bits per heavy atom. The molecule has 1 aromatic heterocycles. The minimum Gasteiger partial charge on any atom is -0.424 e. The van der Waals surface area contributed by atoms with Gasteiger partial charge >= 0.3 is 0 Å². The van der Waals surface area contributed by atoms with E-state index in [0.29, 0.717) is 37.3 Å². The van der Waals surface area contributed by atoms with Gasteiger partial charge in [0.15, 0.2) is 5.58 Å². The largest absolute Gasteiger partial charge is 0.424 e. The standard InChI is InChI=1S/C12H13FN2O3/c13-8-1-2-10-9(5-8)15-11(18-10)14-6-12(16)3-4-17-7-12/h1-2,5,16H,3-4,6-7H2,(H,14,15). The van der Waals surface area contributed by atoms with Crippen LogP contribution in [0.1, 0.15) is 6.42 Å². The second-order valence-corrected chi connectivity index (χ2v) is 4.51. The first-order chi connectivity index (χ1) is 8.65. The van der Waals surface area contributed by atoms with E-state index >= 15 is 0 Å². The van der Waals surface area contributed by atoms with Gasteiger partial charge in [0.2, 0.25) is 0 Å². The molecule has 1 saturated heterocycles. The van der Waals surface area contributed by atoms with Gasteiger partial charge in [0.05, 0.1) is 13.2 Å². The van der Waals surface area contributed by atoms with Crippen molar-refractivity contribution < 1.29 is 18.7 Å². The third-order valence-corrected chi connectivity index (χ3v) is 3.00. The zero-order valence-electron chi connectivity index (χ0n) is 9.65. The minimum absolute atomic E-state index is 0.274. The fourth-order valence-electron chi connectivity index (χ4n) is 1.95. The quantitative estimate of drug-likeness (QED) is 0.867. The van der Waals surface area contributed by atoms with Crippen LogP contribution in [0.25, 0.3) is 11.1 Å². The van der Waals surface area contributed by atoms with E-state index in [0.717, 1.165) is 0 Å². The van der Waals surface area contributed by atoms with Crippen molar-refractivity contribution in [2.45, 2.75) is 12.0 Å². The van der Waals surface area contributed by atoms with Gasteiger partial charge in [-0.25, -0.2) is 4.39 Å². The van der Waals surface area contributed by atoms with Gasteiger partial charge in [-0.05, 0) is 12.1 Å². The highest BCUT2D eigenvalue weighted by molar-refractivity contribution is 5.74. The Kier molecular flexibility index (Phi) is 2.68. The summed E-state index contributed by atoms with van der Waals surface area (Å²) in [6.45, 7) is 1.15. The normalized spacial score (nSPS) is 23.7. The van der Waals surface area contributed by atoms with Gasteiger partial charge in [-0.2, -0.15) is 4.98 Å². The lowest BCUT2D eigenvalue weighted by atomic mass is 10.0. The highest BCUT2D eigenvalue weighted by Crippen LogP contribution is 2.22. The van der Waals surface area contributed by atoms with Crippen LogP contribution < -0.4 is 5.32 Å². The summed E-state index contributed by atoms with van der Waals surface area (Å²) < 4.78 is 23.5. The summed E-state index contributed by atoms with van der Waals surface area (Å²) >= 11 is 0. The van der Waals surface area contributed by atoms with Gasteiger partial charge in [-0.3, -0.25) is 0 Å². The van der Waals surface area contributed by atoms with Crippen molar-refractivity contribution in [2.24, 2.45) is 0 Å². The number of fused-ring (bicyclic) bond motifs is 1. The number of benzene rings is 1. The average molecular weight is 252 g/mol. The lowest BCUT2D eigenvalue weighted by Gasteiger charge is -2.19. The molecule has 0 saturated carbocycles. The zero-order valence-corrected chi connectivity index (χ0v) is 9.65. The van der Waals surface area contributed by atoms with Gasteiger partial charge in [0.1, 0.15) is 16.9 Å². The highest BCUT2D eigenvalue weighted by atomic mass is 19.1. The van der Waals surface area contributed by atoms with Gasteiger partial charge in [-0.15, -0.1) is 0 Å². The molecule has 0 amide bonds. The van der Waals surface area contributed by atoms with Gasteiger partial charge in [-0.1, -0.05) is 0 Å². The first kappa shape index (κ1) is 11.4. The van der Waals surface area contributed by atoms with Crippen LogP contribution in [0.15, 0.2) is 22.6 Å². The summed E-state index contributed by atoms with van der Waals surface area (Å²) in [7, 11) is 0. The molecule has 1 aliphatic heterocycles. The fourth-order valence-corrected chi connectivity index (χ4v) is 1.95. The molecule has 2 heterocycles. The molecule has 1 unspecified atom stereocenters. The number of oxazole rings is 1. The molecule has 0 aliphatic carbocycles. The summed E-state index contributed by atoms with van der Waals surface area (Å²) in [4.78, 5) is 4.10. The number of aromatic nitrogens is 1. The molecular formula is C12H13FN2O3. The van der Waals surface area contributed by atoms with Crippen LogP contribution in [-0.2, 0) is 4.74 Å². The predicted molar refractivity (Wildman–Crippen MR) is 62.8 cm³/mol. The average Bonchev–Trinajstić information content (AvgIpc) is 2.93. The Labute approximate surface area is 103 Å². The maximum Gasteiger partial charge on any atom is 0.295 e. The Balaban J connectivity index is 1.74. The van der Waals surface area contributed by atoms with E-state index < -0.39 is 5.60 Å². The van der Waals surface area contributed by atoms with Crippen molar-refractivity contribution in [1.29, 1.82) is 0 Å². The smallest absolute Gasteiger partial charge is 0.295 e. The van der Waals surface area contributed by atoms with Gasteiger partial charge in [0, 0.05) is 19.1 Å². The van der Waals surface area contributed by atoms with E-state index in [4.69, 9.17) is 9.15 Å². The molecule has 6 heteroatoms. The molecule has 1 aliphatic rings. The summed E-state index contributed by atoms with van der Waals surface area (Å²) in [5.74, 6) is -0.356. The molecule has 0 bridgehead atoms. The molecular weight excluding hydrogens is 239 g/mol. The number of hydrogen-bond acceptors (Lipinski definition) is 5. The van der Waals surface area contributed by atoms with Crippen molar-refractivity contribution in [3.05, 3.63) is 24.0 Å². The maximum absolute atomic E-state index is 13.0. The number of ether oxygens (including phenoxy) is 1. The molecule has 1 aromatic carbocycles. The number of rotatable bonds is 3. The number of anilines is 1. The summed E-state index contributed by atoms with van der Waals surface area (Å²) in [6.07, 6.45) is 0.578. The first-order valence-corrected chi connectivity index (χ1v) is 5.75. The summed E-state index contributed by atoms with van der Waals surface area (Å²) in [5.41, 5.74) is 0.0760. The Morgan fingerprint density at radius 3 is 3.17 bits per heavy atom. The zero-order chi connectivity index (χ0) is 12.6. The van der Waals surface area contributed by atoms with E-state index in [2.05, 4.69) is 10.3 Å². The van der Waals surface area contributed by atoms with E-state index in [1.54, 1.807) is 0 Å². The van der Waals surface area contributed by atoms with Crippen molar-refractivity contribution in [3.8, 4) is 0 Å². The molecule has 3 rings (SSSR count). The topological polar surface area (TPSA) is 67.5 Å². The maximum atomic E-state index is 13.0. The van der Waals surface area contributed by atoms with Crippen LogP contribution in [0.4, 0.5) is 10.4 Å². The fraction of sp³-hybridized carbons (Fsp3) is 0.417. The molecule has 1 atom stereocenters. The number of hydrogen-bond donors (Lipinski definition) is 2. The predicted octanol–water partition coefficient (Wildman–Crippen LogP) is 1.53. The van der Waals surface area contributed by atoms with E-state index in [-0.39, 0.29) is 11.8 Å². The van der Waals surface area contributed by atoms with Gasteiger partial charge < -0.3 is 19.6 Å². The van der Waals surface area contributed by atoms with Crippen molar-refractivity contribution in [2.75, 3.05) is 25.1 Å². The third-order valence-electron chi connectivity index (χ3n) is 3.00.